The van der Waals surface area contributed by atoms with E-state index in [1.807, 2.05) is 25.1 Å². The summed E-state index contributed by atoms with van der Waals surface area (Å²) in [4.78, 5) is 16.2. The van der Waals surface area contributed by atoms with Gasteiger partial charge in [0.15, 0.2) is 0 Å². The van der Waals surface area contributed by atoms with E-state index in [4.69, 9.17) is 11.6 Å². The van der Waals surface area contributed by atoms with Gasteiger partial charge < -0.3 is 10.6 Å². The largest absolute Gasteiger partial charge is 0.377 e. The molecule has 2 N–H and O–H groups in total. The highest BCUT2D eigenvalue weighted by atomic mass is 35.5. The maximum Gasteiger partial charge on any atom is 0.217 e. The fourth-order valence-corrected chi connectivity index (χ4v) is 5.16. The van der Waals surface area contributed by atoms with Crippen LogP contribution < -0.4 is 10.6 Å². The van der Waals surface area contributed by atoms with Crippen LogP contribution in [-0.2, 0) is 10.3 Å². The Morgan fingerprint density at radius 1 is 1.06 bits per heavy atom. The van der Waals surface area contributed by atoms with Gasteiger partial charge in [-0.05, 0) is 61.1 Å². The summed E-state index contributed by atoms with van der Waals surface area (Å²) in [6, 6.07) is 20.9. The summed E-state index contributed by atoms with van der Waals surface area (Å²) in [7, 11) is 0. The lowest BCUT2D eigenvalue weighted by atomic mass is 9.71. The number of amides is 1. The predicted molar refractivity (Wildman–Crippen MR) is 140 cm³/mol. The molecular weight excluding hydrogens is 461 g/mol. The Morgan fingerprint density at radius 3 is 2.43 bits per heavy atom. The van der Waals surface area contributed by atoms with E-state index in [0.29, 0.717) is 10.6 Å². The van der Waals surface area contributed by atoms with Crippen molar-refractivity contribution in [2.45, 2.75) is 44.7 Å². The van der Waals surface area contributed by atoms with E-state index >= 15 is 0 Å². The van der Waals surface area contributed by atoms with Crippen LogP contribution in [0.2, 0.25) is 5.02 Å². The lowest BCUT2D eigenvalue weighted by Gasteiger charge is -2.43. The maximum absolute atomic E-state index is 14.4. The van der Waals surface area contributed by atoms with Crippen LogP contribution in [0.5, 0.6) is 0 Å². The second kappa shape index (κ2) is 9.31. The Bertz CT molecular complexity index is 1400. The second-order valence-electron chi connectivity index (χ2n) is 9.29. The Morgan fingerprint density at radius 2 is 1.77 bits per heavy atom. The van der Waals surface area contributed by atoms with Gasteiger partial charge in [-0.3, -0.25) is 9.78 Å². The second-order valence-corrected chi connectivity index (χ2v) is 9.70. The van der Waals surface area contributed by atoms with Crippen LogP contribution in [0.25, 0.3) is 22.0 Å². The van der Waals surface area contributed by atoms with E-state index in [2.05, 4.69) is 45.9 Å². The van der Waals surface area contributed by atoms with E-state index in [-0.39, 0.29) is 23.3 Å². The highest BCUT2D eigenvalue weighted by molar-refractivity contribution is 6.34. The number of hydrogen-bond acceptors (Lipinski definition) is 3. The van der Waals surface area contributed by atoms with Gasteiger partial charge in [-0.1, -0.05) is 60.1 Å². The number of fused-ring (bicyclic) bond motifs is 1. The quantitative estimate of drug-likeness (QED) is 0.298. The summed E-state index contributed by atoms with van der Waals surface area (Å²) in [6.07, 6.45) is 4.65. The van der Waals surface area contributed by atoms with Gasteiger partial charge in [0.1, 0.15) is 5.82 Å². The summed E-state index contributed by atoms with van der Waals surface area (Å²) in [6.45, 7) is 3.48. The number of halogens is 2. The molecule has 1 fully saturated rings. The van der Waals surface area contributed by atoms with Gasteiger partial charge in [0.05, 0.1) is 27.8 Å². The molecule has 1 saturated carbocycles. The zero-order chi connectivity index (χ0) is 24.6. The van der Waals surface area contributed by atoms with Crippen LogP contribution in [0.1, 0.15) is 50.3 Å². The standard InChI is InChI=1S/C29H27ClFN3O/c1-18(23-6-3-4-7-26(23)31)33-28-24-16-21(10-13-27(24)32-17-25(28)30)20-8-11-22(12-9-20)29(14-5-15-29)34-19(2)35/h3-4,6-13,16-18H,5,14-15H2,1-2H3,(H,32,33)(H,34,35). The molecule has 178 valence electrons. The number of nitrogens with one attached hydrogen (secondary N) is 2. The molecule has 1 unspecified atom stereocenters. The first kappa shape index (κ1) is 23.3. The lowest BCUT2D eigenvalue weighted by molar-refractivity contribution is -0.122. The topological polar surface area (TPSA) is 54.0 Å². The van der Waals surface area contributed by atoms with Crippen LogP contribution in [0.3, 0.4) is 0 Å². The number of benzene rings is 3. The molecule has 0 saturated heterocycles. The summed E-state index contributed by atoms with van der Waals surface area (Å²) < 4.78 is 14.4. The normalized spacial score (nSPS) is 15.3. The predicted octanol–water partition coefficient (Wildman–Crippen LogP) is 7.38. The number of pyridine rings is 1. The van der Waals surface area contributed by atoms with Crippen molar-refractivity contribution in [2.24, 2.45) is 0 Å². The molecule has 4 nitrogen and oxygen atoms in total. The van der Waals surface area contributed by atoms with Crippen molar-refractivity contribution < 1.29 is 9.18 Å². The molecule has 1 aliphatic carbocycles. The molecule has 0 radical (unpaired) electrons. The molecule has 6 heteroatoms. The zero-order valence-corrected chi connectivity index (χ0v) is 20.5. The zero-order valence-electron chi connectivity index (χ0n) is 19.7. The minimum Gasteiger partial charge on any atom is -0.377 e. The molecule has 1 amide bonds. The molecule has 0 spiro atoms. The van der Waals surface area contributed by atoms with Crippen molar-refractivity contribution in [2.75, 3.05) is 5.32 Å². The molecule has 1 aromatic heterocycles. The Kier molecular flexibility index (Phi) is 6.20. The van der Waals surface area contributed by atoms with Gasteiger partial charge >= 0.3 is 0 Å². The molecule has 1 heterocycles. The van der Waals surface area contributed by atoms with Crippen LogP contribution in [0, 0.1) is 5.82 Å². The van der Waals surface area contributed by atoms with Gasteiger partial charge in [0.2, 0.25) is 5.91 Å². The third kappa shape index (κ3) is 4.48. The minimum atomic E-state index is -0.283. The Hall–Kier alpha value is -3.44. The highest BCUT2D eigenvalue weighted by Gasteiger charge is 2.39. The third-order valence-electron chi connectivity index (χ3n) is 6.95. The number of carbonyl (C=O) groups excluding carboxylic acids is 1. The number of rotatable bonds is 6. The molecule has 0 bridgehead atoms. The first-order chi connectivity index (χ1) is 16.9. The maximum atomic E-state index is 14.4. The van der Waals surface area contributed by atoms with Crippen molar-refractivity contribution in [3.63, 3.8) is 0 Å². The first-order valence-corrected chi connectivity index (χ1v) is 12.2. The minimum absolute atomic E-state index is 0.00248. The summed E-state index contributed by atoms with van der Waals surface area (Å²) in [5, 5.41) is 7.90. The van der Waals surface area contributed by atoms with Gasteiger partial charge in [-0.15, -0.1) is 0 Å². The smallest absolute Gasteiger partial charge is 0.217 e. The highest BCUT2D eigenvalue weighted by Crippen LogP contribution is 2.42. The van der Waals surface area contributed by atoms with Crippen molar-refractivity contribution in [1.29, 1.82) is 0 Å². The molecule has 0 aliphatic heterocycles. The van der Waals surface area contributed by atoms with Crippen molar-refractivity contribution >= 4 is 34.1 Å². The lowest BCUT2D eigenvalue weighted by Crippen LogP contribution is -2.50. The summed E-state index contributed by atoms with van der Waals surface area (Å²) in [5.41, 5.74) is 5.07. The van der Waals surface area contributed by atoms with Crippen molar-refractivity contribution in [3.05, 3.63) is 94.9 Å². The number of anilines is 1. The van der Waals surface area contributed by atoms with Gasteiger partial charge in [0.25, 0.3) is 0 Å². The third-order valence-corrected chi connectivity index (χ3v) is 7.23. The molecule has 35 heavy (non-hydrogen) atoms. The van der Waals surface area contributed by atoms with Crippen molar-refractivity contribution in [1.82, 2.24) is 10.3 Å². The molecular formula is C29H27ClFN3O. The van der Waals surface area contributed by atoms with E-state index < -0.39 is 0 Å². The van der Waals surface area contributed by atoms with E-state index in [9.17, 15) is 9.18 Å². The van der Waals surface area contributed by atoms with E-state index in [1.165, 1.54) is 6.07 Å². The average Bonchev–Trinajstić information content (AvgIpc) is 2.83. The fourth-order valence-electron chi connectivity index (χ4n) is 4.95. The molecule has 5 rings (SSSR count). The van der Waals surface area contributed by atoms with Gasteiger partial charge in [-0.2, -0.15) is 0 Å². The average molecular weight is 488 g/mol. The molecule has 1 aliphatic rings. The fraction of sp³-hybridized carbons (Fsp3) is 0.241. The summed E-state index contributed by atoms with van der Waals surface area (Å²) >= 11 is 6.55. The van der Waals surface area contributed by atoms with Crippen molar-refractivity contribution in [3.8, 4) is 11.1 Å². The first-order valence-electron chi connectivity index (χ1n) is 11.9. The van der Waals surface area contributed by atoms with Gasteiger partial charge in [-0.25, -0.2) is 4.39 Å². The van der Waals surface area contributed by atoms with E-state index in [1.54, 1.807) is 25.3 Å². The number of carbonyl (C=O) groups is 1. The van der Waals surface area contributed by atoms with Crippen LogP contribution in [0.15, 0.2) is 72.9 Å². The van der Waals surface area contributed by atoms with Crippen LogP contribution in [-0.4, -0.2) is 10.9 Å². The van der Waals surface area contributed by atoms with Crippen LogP contribution >= 0.6 is 11.6 Å². The SMILES string of the molecule is CC(=O)NC1(c2ccc(-c3ccc4ncc(Cl)c(NC(C)c5ccccc5F)c4c3)cc2)CCC1. The van der Waals surface area contributed by atoms with Crippen LogP contribution in [0.4, 0.5) is 10.1 Å². The number of hydrogen-bond donors (Lipinski definition) is 2. The number of nitrogens with zero attached hydrogens (tertiary/aromatic N) is 1. The Balaban J connectivity index is 1.48. The monoisotopic (exact) mass is 487 g/mol. The summed E-state index contributed by atoms with van der Waals surface area (Å²) in [5.74, 6) is -0.261. The Labute approximate surface area is 209 Å². The number of aromatic nitrogens is 1. The van der Waals surface area contributed by atoms with Gasteiger partial charge in [0, 0.05) is 24.1 Å². The van der Waals surface area contributed by atoms with E-state index in [0.717, 1.165) is 52.5 Å². The molecule has 3 aromatic carbocycles. The molecule has 1 atom stereocenters. The molecule has 4 aromatic rings.